The highest BCUT2D eigenvalue weighted by molar-refractivity contribution is 5.80. The van der Waals surface area contributed by atoms with Crippen molar-refractivity contribution in [2.75, 3.05) is 26.2 Å². The molecule has 0 aliphatic rings. The molecule has 0 amide bonds. The van der Waals surface area contributed by atoms with Crippen LogP contribution in [0.1, 0.15) is 13.3 Å². The Kier molecular flexibility index (Phi) is 6.35. The minimum absolute atomic E-state index is 0.160. The Morgan fingerprint density at radius 1 is 1.44 bits per heavy atom. The molecule has 0 aliphatic heterocycles. The van der Waals surface area contributed by atoms with E-state index in [9.17, 15) is 13.2 Å². The first-order chi connectivity index (χ1) is 7.32. The normalized spacial score (nSPS) is 14.1. The number of nitrogens with one attached hydrogen (secondary N) is 1. The van der Waals surface area contributed by atoms with E-state index in [0.717, 1.165) is 0 Å². The molecule has 1 unspecified atom stereocenters. The Morgan fingerprint density at radius 2 is 2.00 bits per heavy atom. The number of hydrogen-bond acceptors (Lipinski definition) is 3. The average Bonchev–Trinajstić information content (AvgIpc) is 2.12. The Morgan fingerprint density at radius 3 is 2.31 bits per heavy atom. The first-order valence-electron chi connectivity index (χ1n) is 5.06. The summed E-state index contributed by atoms with van der Waals surface area (Å²) in [6.45, 7) is 1.87. The molecule has 0 aromatic carbocycles. The molecule has 1 atom stereocenters. The van der Waals surface area contributed by atoms with Gasteiger partial charge in [0.1, 0.15) is 11.8 Å². The zero-order valence-corrected chi connectivity index (χ0v) is 9.22. The lowest BCUT2D eigenvalue weighted by molar-refractivity contribution is -0.160. The summed E-state index contributed by atoms with van der Waals surface area (Å²) in [4.78, 5) is 1.46. The van der Waals surface area contributed by atoms with Crippen molar-refractivity contribution in [1.82, 2.24) is 4.90 Å². The average molecular weight is 241 g/mol. The van der Waals surface area contributed by atoms with E-state index in [1.807, 2.05) is 6.92 Å². The SMILES string of the molecule is CCCN(CCO)CC(C(=N)N)C(F)(F)F. The van der Waals surface area contributed by atoms with Crippen molar-refractivity contribution in [2.24, 2.45) is 11.7 Å². The number of nitrogens with zero attached hydrogens (tertiary/aromatic N) is 1. The van der Waals surface area contributed by atoms with Crippen LogP contribution in [0.2, 0.25) is 0 Å². The smallest absolute Gasteiger partial charge is 0.395 e. The van der Waals surface area contributed by atoms with Gasteiger partial charge in [0.05, 0.1) is 6.61 Å². The molecule has 0 saturated carbocycles. The van der Waals surface area contributed by atoms with Gasteiger partial charge >= 0.3 is 6.18 Å². The van der Waals surface area contributed by atoms with Crippen LogP contribution >= 0.6 is 0 Å². The molecule has 0 saturated heterocycles. The van der Waals surface area contributed by atoms with E-state index in [1.165, 1.54) is 4.90 Å². The lowest BCUT2D eigenvalue weighted by Gasteiger charge is -2.27. The lowest BCUT2D eigenvalue weighted by atomic mass is 10.1. The molecule has 0 radical (unpaired) electrons. The van der Waals surface area contributed by atoms with Gasteiger partial charge in [-0.25, -0.2) is 0 Å². The second-order valence-corrected chi connectivity index (χ2v) is 3.57. The minimum atomic E-state index is -4.51. The number of halogens is 3. The minimum Gasteiger partial charge on any atom is -0.395 e. The fraction of sp³-hybridized carbons (Fsp3) is 0.889. The van der Waals surface area contributed by atoms with Gasteiger partial charge in [0, 0.05) is 13.1 Å². The first-order valence-corrected chi connectivity index (χ1v) is 5.06. The molecule has 4 N–H and O–H groups in total. The van der Waals surface area contributed by atoms with E-state index in [4.69, 9.17) is 16.2 Å². The highest BCUT2D eigenvalue weighted by Gasteiger charge is 2.42. The Hall–Kier alpha value is -0.820. The van der Waals surface area contributed by atoms with Crippen molar-refractivity contribution in [1.29, 1.82) is 5.41 Å². The van der Waals surface area contributed by atoms with Crippen LogP contribution in [0.5, 0.6) is 0 Å². The standard InChI is InChI=1S/C9H18F3N3O/c1-2-3-15(4-5-16)6-7(8(13)14)9(10,11)12/h7,16H,2-6H2,1H3,(H3,13,14). The van der Waals surface area contributed by atoms with E-state index in [2.05, 4.69) is 0 Å². The maximum atomic E-state index is 12.5. The summed E-state index contributed by atoms with van der Waals surface area (Å²) in [5.41, 5.74) is 4.94. The molecule has 0 spiro atoms. The monoisotopic (exact) mass is 241 g/mol. The fourth-order valence-corrected chi connectivity index (χ4v) is 1.39. The van der Waals surface area contributed by atoms with Crippen molar-refractivity contribution in [3.63, 3.8) is 0 Å². The van der Waals surface area contributed by atoms with Crippen LogP contribution in [-0.2, 0) is 0 Å². The van der Waals surface area contributed by atoms with Gasteiger partial charge < -0.3 is 10.8 Å². The number of rotatable bonds is 7. The van der Waals surface area contributed by atoms with Gasteiger partial charge in [0.25, 0.3) is 0 Å². The first kappa shape index (κ1) is 15.2. The molecule has 0 bridgehead atoms. The van der Waals surface area contributed by atoms with Gasteiger partial charge in [-0.3, -0.25) is 10.3 Å². The highest BCUT2D eigenvalue weighted by atomic mass is 19.4. The molecular formula is C9H18F3N3O. The summed E-state index contributed by atoms with van der Waals surface area (Å²) in [5.74, 6) is -2.84. The van der Waals surface area contributed by atoms with Crippen molar-refractivity contribution < 1.29 is 18.3 Å². The van der Waals surface area contributed by atoms with Gasteiger partial charge in [-0.1, -0.05) is 6.92 Å². The Balaban J connectivity index is 4.51. The third kappa shape index (κ3) is 5.32. The topological polar surface area (TPSA) is 73.3 Å². The van der Waals surface area contributed by atoms with Crippen LogP contribution < -0.4 is 5.73 Å². The lowest BCUT2D eigenvalue weighted by Crippen LogP contribution is -2.45. The van der Waals surface area contributed by atoms with Crippen LogP contribution in [0.15, 0.2) is 0 Å². The van der Waals surface area contributed by atoms with Crippen LogP contribution in [0.4, 0.5) is 13.2 Å². The van der Waals surface area contributed by atoms with Gasteiger partial charge in [-0.15, -0.1) is 0 Å². The molecule has 0 aliphatic carbocycles. The van der Waals surface area contributed by atoms with E-state index in [0.29, 0.717) is 13.0 Å². The summed E-state index contributed by atoms with van der Waals surface area (Å²) < 4.78 is 37.5. The summed E-state index contributed by atoms with van der Waals surface area (Å²) >= 11 is 0. The van der Waals surface area contributed by atoms with Gasteiger partial charge in [-0.2, -0.15) is 13.2 Å². The number of aliphatic hydroxyl groups excluding tert-OH is 1. The largest absolute Gasteiger partial charge is 0.399 e. The van der Waals surface area contributed by atoms with Crippen molar-refractivity contribution in [3.05, 3.63) is 0 Å². The van der Waals surface area contributed by atoms with Gasteiger partial charge in [0.15, 0.2) is 0 Å². The van der Waals surface area contributed by atoms with E-state index >= 15 is 0 Å². The highest BCUT2D eigenvalue weighted by Crippen LogP contribution is 2.26. The molecule has 16 heavy (non-hydrogen) atoms. The molecule has 0 heterocycles. The number of nitrogens with two attached hydrogens (primary N) is 1. The van der Waals surface area contributed by atoms with E-state index in [-0.39, 0.29) is 19.7 Å². The predicted octanol–water partition coefficient (Wildman–Crippen LogP) is 0.805. The van der Waals surface area contributed by atoms with Crippen molar-refractivity contribution in [3.8, 4) is 0 Å². The van der Waals surface area contributed by atoms with Gasteiger partial charge in [0.2, 0.25) is 0 Å². The number of alkyl halides is 3. The maximum Gasteiger partial charge on any atom is 0.399 e. The second-order valence-electron chi connectivity index (χ2n) is 3.57. The Labute approximate surface area is 92.7 Å². The molecule has 0 aromatic rings. The van der Waals surface area contributed by atoms with Gasteiger partial charge in [-0.05, 0) is 13.0 Å². The number of amidine groups is 1. The summed E-state index contributed by atoms with van der Waals surface area (Å²) in [6, 6.07) is 0. The predicted molar refractivity (Wildman–Crippen MR) is 55.3 cm³/mol. The third-order valence-electron chi connectivity index (χ3n) is 2.17. The van der Waals surface area contributed by atoms with Crippen LogP contribution in [-0.4, -0.2) is 48.3 Å². The molecule has 0 aromatic heterocycles. The molecule has 96 valence electrons. The van der Waals surface area contributed by atoms with Crippen LogP contribution in [0.25, 0.3) is 0 Å². The molecular weight excluding hydrogens is 223 g/mol. The molecule has 7 heteroatoms. The van der Waals surface area contributed by atoms with Crippen molar-refractivity contribution >= 4 is 5.84 Å². The molecule has 4 nitrogen and oxygen atoms in total. The van der Waals surface area contributed by atoms with Crippen LogP contribution in [0.3, 0.4) is 0 Å². The summed E-state index contributed by atoms with van der Waals surface area (Å²) in [7, 11) is 0. The third-order valence-corrected chi connectivity index (χ3v) is 2.17. The fourth-order valence-electron chi connectivity index (χ4n) is 1.39. The van der Waals surface area contributed by atoms with Crippen molar-refractivity contribution in [2.45, 2.75) is 19.5 Å². The second kappa shape index (κ2) is 6.70. The maximum absolute atomic E-state index is 12.5. The summed E-state index contributed by atoms with van der Waals surface area (Å²) in [6.07, 6.45) is -3.82. The quantitative estimate of drug-likeness (QED) is 0.456. The number of hydrogen-bond donors (Lipinski definition) is 3. The zero-order chi connectivity index (χ0) is 12.8. The summed E-state index contributed by atoms with van der Waals surface area (Å²) in [5, 5.41) is 15.6. The van der Waals surface area contributed by atoms with E-state index < -0.39 is 17.9 Å². The molecule has 0 rings (SSSR count). The number of aliphatic hydroxyl groups is 1. The zero-order valence-electron chi connectivity index (χ0n) is 9.22. The van der Waals surface area contributed by atoms with Crippen LogP contribution in [0, 0.1) is 11.3 Å². The molecule has 0 fully saturated rings. The van der Waals surface area contributed by atoms with E-state index in [1.54, 1.807) is 0 Å². The Bertz CT molecular complexity index is 215.